The summed E-state index contributed by atoms with van der Waals surface area (Å²) < 4.78 is 5.17. The Morgan fingerprint density at radius 1 is 1.40 bits per heavy atom. The Kier molecular flexibility index (Phi) is 8.13. The zero-order valence-electron chi connectivity index (χ0n) is 11.8. The summed E-state index contributed by atoms with van der Waals surface area (Å²) in [5, 5.41) is 11.5. The Bertz CT molecular complexity index is 474. The van der Waals surface area contributed by atoms with Crippen LogP contribution in [0.2, 0.25) is 0 Å². The lowest BCUT2D eigenvalue weighted by molar-refractivity contribution is -0.125. The fourth-order valence-electron chi connectivity index (χ4n) is 1.56. The molecule has 108 valence electrons. The predicted octanol–water partition coefficient (Wildman–Crippen LogP) is 1.46. The Labute approximate surface area is 120 Å². The van der Waals surface area contributed by atoms with Gasteiger partial charge in [0.15, 0.2) is 0 Å². The van der Waals surface area contributed by atoms with Crippen LogP contribution in [0, 0.1) is 11.8 Å². The number of aliphatic hydroxyl groups excluding tert-OH is 1. The molecule has 0 saturated carbocycles. The second-order valence-corrected chi connectivity index (χ2v) is 4.26. The Morgan fingerprint density at radius 3 is 2.95 bits per heavy atom. The largest absolute Gasteiger partial charge is 0.395 e. The minimum absolute atomic E-state index is 0.0562. The van der Waals surface area contributed by atoms with Gasteiger partial charge in [-0.3, -0.25) is 4.79 Å². The second-order valence-electron chi connectivity index (χ2n) is 4.26. The highest BCUT2D eigenvalue weighted by Crippen LogP contribution is 2.06. The Balaban J connectivity index is 2.51. The molecule has 0 radical (unpaired) electrons. The van der Waals surface area contributed by atoms with Crippen molar-refractivity contribution in [2.24, 2.45) is 0 Å². The van der Waals surface area contributed by atoms with Crippen molar-refractivity contribution in [1.82, 2.24) is 5.32 Å². The molecule has 2 N–H and O–H groups in total. The molecule has 1 rings (SSSR count). The highest BCUT2D eigenvalue weighted by atomic mass is 16.5. The van der Waals surface area contributed by atoms with E-state index in [2.05, 4.69) is 17.2 Å². The first-order chi connectivity index (χ1) is 9.77. The highest BCUT2D eigenvalue weighted by molar-refractivity contribution is 5.77. The molecule has 1 aromatic rings. The van der Waals surface area contributed by atoms with E-state index in [0.29, 0.717) is 19.6 Å². The van der Waals surface area contributed by atoms with Crippen molar-refractivity contribution in [1.29, 1.82) is 0 Å². The van der Waals surface area contributed by atoms with E-state index in [9.17, 15) is 4.79 Å². The quantitative estimate of drug-likeness (QED) is 0.585. The number of aliphatic hydroxyl groups is 1. The van der Waals surface area contributed by atoms with Crippen molar-refractivity contribution >= 4 is 5.91 Å². The first-order valence-corrected chi connectivity index (χ1v) is 6.80. The fraction of sp³-hybridized carbons (Fsp3) is 0.438. The first-order valence-electron chi connectivity index (χ1n) is 6.80. The molecule has 0 aliphatic carbocycles. The summed E-state index contributed by atoms with van der Waals surface area (Å²) in [6.07, 6.45) is 1.35. The van der Waals surface area contributed by atoms with Crippen LogP contribution in [-0.2, 0) is 16.1 Å². The first kappa shape index (κ1) is 16.2. The van der Waals surface area contributed by atoms with Gasteiger partial charge in [-0.05, 0) is 18.1 Å². The average Bonchev–Trinajstić information content (AvgIpc) is 2.47. The van der Waals surface area contributed by atoms with Crippen molar-refractivity contribution in [3.8, 4) is 11.8 Å². The van der Waals surface area contributed by atoms with Gasteiger partial charge in [0, 0.05) is 25.1 Å². The minimum Gasteiger partial charge on any atom is -0.395 e. The van der Waals surface area contributed by atoms with E-state index in [-0.39, 0.29) is 19.1 Å². The molecule has 0 unspecified atom stereocenters. The third-order valence-corrected chi connectivity index (χ3v) is 2.53. The lowest BCUT2D eigenvalue weighted by atomic mass is 10.1. The molecule has 1 amide bonds. The van der Waals surface area contributed by atoms with Crippen LogP contribution in [0.5, 0.6) is 0 Å². The van der Waals surface area contributed by atoms with Crippen molar-refractivity contribution in [3.05, 3.63) is 35.4 Å². The van der Waals surface area contributed by atoms with Crippen molar-refractivity contribution in [2.75, 3.05) is 19.8 Å². The van der Waals surface area contributed by atoms with Crippen LogP contribution in [0.25, 0.3) is 0 Å². The summed E-state index contributed by atoms with van der Waals surface area (Å²) in [6.45, 7) is 3.17. The molecule has 0 aliphatic heterocycles. The van der Waals surface area contributed by atoms with E-state index in [1.165, 1.54) is 0 Å². The van der Waals surface area contributed by atoms with Crippen LogP contribution in [0.3, 0.4) is 0 Å². The van der Waals surface area contributed by atoms with E-state index in [0.717, 1.165) is 17.5 Å². The number of amides is 1. The lowest BCUT2D eigenvalue weighted by Gasteiger charge is -2.07. The fourth-order valence-corrected chi connectivity index (χ4v) is 1.56. The normalized spacial score (nSPS) is 9.70. The maximum absolute atomic E-state index is 11.6. The number of nitrogens with one attached hydrogen (secondary N) is 1. The van der Waals surface area contributed by atoms with Gasteiger partial charge in [0.1, 0.15) is 6.61 Å². The molecule has 0 spiro atoms. The van der Waals surface area contributed by atoms with Crippen molar-refractivity contribution in [3.63, 3.8) is 0 Å². The summed E-state index contributed by atoms with van der Waals surface area (Å²) in [7, 11) is 0. The lowest BCUT2D eigenvalue weighted by Crippen LogP contribution is -2.27. The predicted molar refractivity (Wildman–Crippen MR) is 78.0 cm³/mol. The maximum Gasteiger partial charge on any atom is 0.246 e. The number of hydrogen-bond donors (Lipinski definition) is 2. The number of ether oxygens (including phenoxy) is 1. The van der Waals surface area contributed by atoms with E-state index < -0.39 is 0 Å². The van der Waals surface area contributed by atoms with E-state index in [1.807, 2.05) is 31.2 Å². The smallest absolute Gasteiger partial charge is 0.246 e. The van der Waals surface area contributed by atoms with E-state index in [1.54, 1.807) is 0 Å². The van der Waals surface area contributed by atoms with Crippen LogP contribution >= 0.6 is 0 Å². The van der Waals surface area contributed by atoms with Gasteiger partial charge in [0.25, 0.3) is 0 Å². The van der Waals surface area contributed by atoms with Crippen molar-refractivity contribution < 1.29 is 14.6 Å². The topological polar surface area (TPSA) is 58.6 Å². The summed E-state index contributed by atoms with van der Waals surface area (Å²) in [6, 6.07) is 7.64. The average molecular weight is 275 g/mol. The molecule has 20 heavy (non-hydrogen) atoms. The van der Waals surface area contributed by atoms with Gasteiger partial charge in [-0.2, -0.15) is 0 Å². The zero-order valence-corrected chi connectivity index (χ0v) is 11.8. The Morgan fingerprint density at radius 2 is 2.20 bits per heavy atom. The molecule has 0 aliphatic rings. The van der Waals surface area contributed by atoms with Gasteiger partial charge in [0.2, 0.25) is 5.91 Å². The SMILES string of the molecule is CCCOCC(=O)NCc1ccccc1C#CCCO. The van der Waals surface area contributed by atoms with Crippen LogP contribution in [0.1, 0.15) is 30.9 Å². The third kappa shape index (κ3) is 6.37. The molecule has 4 heteroatoms. The number of hydrogen-bond acceptors (Lipinski definition) is 3. The molecule has 0 aromatic heterocycles. The number of carbonyl (C=O) groups is 1. The zero-order chi connectivity index (χ0) is 14.6. The number of carbonyl (C=O) groups excluding carboxylic acids is 1. The van der Waals surface area contributed by atoms with Crippen LogP contribution in [-0.4, -0.2) is 30.8 Å². The van der Waals surface area contributed by atoms with Gasteiger partial charge in [-0.15, -0.1) is 0 Å². The van der Waals surface area contributed by atoms with Crippen LogP contribution in [0.15, 0.2) is 24.3 Å². The Hall–Kier alpha value is -1.83. The van der Waals surface area contributed by atoms with Gasteiger partial charge < -0.3 is 15.2 Å². The minimum atomic E-state index is -0.128. The molecule has 0 fully saturated rings. The second kappa shape index (κ2) is 10.0. The maximum atomic E-state index is 11.6. The van der Waals surface area contributed by atoms with Gasteiger partial charge >= 0.3 is 0 Å². The molecule has 0 bridgehead atoms. The molecular weight excluding hydrogens is 254 g/mol. The molecular formula is C16H21NO3. The number of benzene rings is 1. The highest BCUT2D eigenvalue weighted by Gasteiger charge is 2.03. The van der Waals surface area contributed by atoms with E-state index in [4.69, 9.17) is 9.84 Å². The summed E-state index contributed by atoms with van der Waals surface area (Å²) in [5.74, 6) is 5.75. The molecule has 0 atom stereocenters. The summed E-state index contributed by atoms with van der Waals surface area (Å²) >= 11 is 0. The molecule has 1 aromatic carbocycles. The number of rotatable bonds is 7. The summed E-state index contributed by atoms with van der Waals surface area (Å²) in [4.78, 5) is 11.6. The monoisotopic (exact) mass is 275 g/mol. The van der Waals surface area contributed by atoms with Crippen LogP contribution < -0.4 is 5.32 Å². The van der Waals surface area contributed by atoms with Gasteiger partial charge in [-0.1, -0.05) is 37.0 Å². The van der Waals surface area contributed by atoms with Gasteiger partial charge in [0.05, 0.1) is 6.61 Å². The molecule has 0 heterocycles. The summed E-state index contributed by atoms with van der Waals surface area (Å²) in [5.41, 5.74) is 1.83. The third-order valence-electron chi connectivity index (χ3n) is 2.53. The standard InChI is InChI=1S/C16H21NO3/c1-2-11-20-13-16(19)17-12-15-9-4-3-7-14(15)8-5-6-10-18/h3-4,7,9,18H,2,6,10-13H2,1H3,(H,17,19). The molecule has 4 nitrogen and oxygen atoms in total. The molecule has 0 saturated heterocycles. The van der Waals surface area contributed by atoms with Gasteiger partial charge in [-0.25, -0.2) is 0 Å². The van der Waals surface area contributed by atoms with Crippen molar-refractivity contribution in [2.45, 2.75) is 26.3 Å². The van der Waals surface area contributed by atoms with E-state index >= 15 is 0 Å². The van der Waals surface area contributed by atoms with Crippen LogP contribution in [0.4, 0.5) is 0 Å².